The number of aryl methyl sites for hydroxylation is 2. The summed E-state index contributed by atoms with van der Waals surface area (Å²) in [5.74, 6) is 1.59. The molecule has 2 aromatic rings. The highest BCUT2D eigenvalue weighted by Crippen LogP contribution is 2.14. The van der Waals surface area contributed by atoms with Gasteiger partial charge in [-0.05, 0) is 24.8 Å². The molecule has 0 aliphatic carbocycles. The van der Waals surface area contributed by atoms with Gasteiger partial charge in [0.1, 0.15) is 0 Å². The van der Waals surface area contributed by atoms with Crippen molar-refractivity contribution in [3.05, 3.63) is 47.6 Å². The van der Waals surface area contributed by atoms with Crippen LogP contribution in [0.2, 0.25) is 0 Å². The van der Waals surface area contributed by atoms with E-state index in [1.807, 2.05) is 25.1 Å². The molecule has 0 bridgehead atoms. The Hall–Kier alpha value is -2.21. The van der Waals surface area contributed by atoms with Gasteiger partial charge < -0.3 is 9.84 Å². The van der Waals surface area contributed by atoms with Crippen molar-refractivity contribution in [1.29, 1.82) is 0 Å². The summed E-state index contributed by atoms with van der Waals surface area (Å²) >= 11 is 0. The molecule has 134 valence electrons. The fourth-order valence-electron chi connectivity index (χ4n) is 3.13. The van der Waals surface area contributed by atoms with Gasteiger partial charge in [0.05, 0.1) is 6.54 Å². The molecule has 3 rings (SSSR count). The number of carbonyl (C=O) groups is 1. The van der Waals surface area contributed by atoms with Crippen LogP contribution < -0.4 is 5.32 Å². The predicted molar refractivity (Wildman–Crippen MR) is 94.9 cm³/mol. The first kappa shape index (κ1) is 17.6. The minimum Gasteiger partial charge on any atom is -0.353 e. The van der Waals surface area contributed by atoms with Gasteiger partial charge in [-0.25, -0.2) is 0 Å². The highest BCUT2D eigenvalue weighted by atomic mass is 16.5. The molecule has 0 spiro atoms. The lowest BCUT2D eigenvalue weighted by Gasteiger charge is -2.31. The second-order valence-corrected chi connectivity index (χ2v) is 6.56. The van der Waals surface area contributed by atoms with E-state index in [1.165, 1.54) is 5.56 Å². The van der Waals surface area contributed by atoms with E-state index in [9.17, 15) is 4.79 Å². The molecular formula is C19H26N4O2. The molecule has 1 fully saturated rings. The van der Waals surface area contributed by atoms with Gasteiger partial charge in [-0.15, -0.1) is 0 Å². The minimum atomic E-state index is 0.145. The molecule has 1 aromatic carbocycles. The Morgan fingerprint density at radius 3 is 2.72 bits per heavy atom. The molecule has 1 N–H and O–H groups in total. The second-order valence-electron chi connectivity index (χ2n) is 6.56. The molecule has 6 nitrogen and oxygen atoms in total. The first-order chi connectivity index (χ1) is 12.2. The van der Waals surface area contributed by atoms with Crippen LogP contribution in [0.15, 0.2) is 34.9 Å². The van der Waals surface area contributed by atoms with E-state index in [4.69, 9.17) is 4.52 Å². The predicted octanol–water partition coefficient (Wildman–Crippen LogP) is 2.35. The van der Waals surface area contributed by atoms with Crippen LogP contribution in [-0.4, -0.2) is 40.1 Å². The Kier molecular flexibility index (Phi) is 6.17. The molecule has 1 saturated heterocycles. The van der Waals surface area contributed by atoms with Gasteiger partial charge in [-0.1, -0.05) is 42.4 Å². The monoisotopic (exact) mass is 342 g/mol. The number of piperidine rings is 1. The van der Waals surface area contributed by atoms with Gasteiger partial charge in [0.15, 0.2) is 5.82 Å². The van der Waals surface area contributed by atoms with Crippen molar-refractivity contribution in [3.8, 4) is 0 Å². The maximum Gasteiger partial charge on any atom is 0.240 e. The molecule has 1 aromatic heterocycles. The Balaban J connectivity index is 1.36. The Morgan fingerprint density at radius 2 is 2.04 bits per heavy atom. The lowest BCUT2D eigenvalue weighted by atomic mass is 10.0. The molecule has 0 saturated carbocycles. The number of amides is 1. The van der Waals surface area contributed by atoms with Gasteiger partial charge in [0.25, 0.3) is 0 Å². The van der Waals surface area contributed by atoms with Crippen molar-refractivity contribution in [2.75, 3.05) is 13.1 Å². The van der Waals surface area contributed by atoms with Gasteiger partial charge in [0, 0.05) is 32.0 Å². The van der Waals surface area contributed by atoms with E-state index in [1.54, 1.807) is 0 Å². The number of hydrogen-bond donors (Lipinski definition) is 1. The smallest absolute Gasteiger partial charge is 0.240 e. The summed E-state index contributed by atoms with van der Waals surface area (Å²) in [4.78, 5) is 18.8. The van der Waals surface area contributed by atoms with Gasteiger partial charge in [-0.2, -0.15) is 4.98 Å². The van der Waals surface area contributed by atoms with Gasteiger partial charge in [0.2, 0.25) is 11.8 Å². The minimum absolute atomic E-state index is 0.145. The SMILES string of the molecule is CCc1noc(CN2CCC(NC(=O)CCc3ccccc3)CC2)n1. The van der Waals surface area contributed by atoms with Crippen molar-refractivity contribution in [1.82, 2.24) is 20.4 Å². The van der Waals surface area contributed by atoms with Crippen LogP contribution in [0.3, 0.4) is 0 Å². The van der Waals surface area contributed by atoms with Crippen molar-refractivity contribution >= 4 is 5.91 Å². The zero-order valence-corrected chi connectivity index (χ0v) is 14.8. The summed E-state index contributed by atoms with van der Waals surface area (Å²) in [5, 5.41) is 7.10. The van der Waals surface area contributed by atoms with Crippen LogP contribution in [0.1, 0.15) is 43.5 Å². The highest BCUT2D eigenvalue weighted by Gasteiger charge is 2.22. The topological polar surface area (TPSA) is 71.3 Å². The Labute approximate surface area is 148 Å². The molecule has 0 atom stereocenters. The lowest BCUT2D eigenvalue weighted by molar-refractivity contribution is -0.122. The molecule has 1 aliphatic rings. The maximum atomic E-state index is 12.1. The van der Waals surface area contributed by atoms with E-state index in [-0.39, 0.29) is 11.9 Å². The third kappa shape index (κ3) is 5.39. The summed E-state index contributed by atoms with van der Waals surface area (Å²) in [7, 11) is 0. The van der Waals surface area contributed by atoms with Crippen molar-refractivity contribution < 1.29 is 9.32 Å². The average molecular weight is 342 g/mol. The summed E-state index contributed by atoms with van der Waals surface area (Å²) in [6.45, 7) is 4.59. The summed E-state index contributed by atoms with van der Waals surface area (Å²) in [6, 6.07) is 10.4. The average Bonchev–Trinajstić information content (AvgIpc) is 3.10. The van der Waals surface area contributed by atoms with Crippen molar-refractivity contribution in [3.63, 3.8) is 0 Å². The van der Waals surface area contributed by atoms with E-state index >= 15 is 0 Å². The highest BCUT2D eigenvalue weighted by molar-refractivity contribution is 5.76. The fraction of sp³-hybridized carbons (Fsp3) is 0.526. The quantitative estimate of drug-likeness (QED) is 0.836. The van der Waals surface area contributed by atoms with E-state index in [0.717, 1.165) is 44.6 Å². The standard InChI is InChI=1S/C19H26N4O2/c1-2-17-21-19(25-22-17)14-23-12-10-16(11-13-23)20-18(24)9-8-15-6-4-3-5-7-15/h3-7,16H,2,8-14H2,1H3,(H,20,24). The Morgan fingerprint density at radius 1 is 1.28 bits per heavy atom. The van der Waals surface area contributed by atoms with E-state index in [0.29, 0.717) is 18.9 Å². The molecule has 0 unspecified atom stereocenters. The number of benzene rings is 1. The molecule has 25 heavy (non-hydrogen) atoms. The third-order valence-corrected chi connectivity index (χ3v) is 4.62. The van der Waals surface area contributed by atoms with Crippen LogP contribution >= 0.6 is 0 Å². The van der Waals surface area contributed by atoms with Crippen LogP contribution in [0.4, 0.5) is 0 Å². The normalized spacial score (nSPS) is 16.0. The Bertz CT molecular complexity index is 663. The van der Waals surface area contributed by atoms with E-state index in [2.05, 4.69) is 32.5 Å². The van der Waals surface area contributed by atoms with Crippen LogP contribution in [0.25, 0.3) is 0 Å². The van der Waals surface area contributed by atoms with Crippen LogP contribution in [0.5, 0.6) is 0 Å². The number of aromatic nitrogens is 2. The van der Waals surface area contributed by atoms with Gasteiger partial charge >= 0.3 is 0 Å². The van der Waals surface area contributed by atoms with Crippen molar-refractivity contribution in [2.45, 2.75) is 51.6 Å². The first-order valence-electron chi connectivity index (χ1n) is 9.10. The second kappa shape index (κ2) is 8.76. The molecular weight excluding hydrogens is 316 g/mol. The zero-order chi connectivity index (χ0) is 17.5. The number of nitrogens with one attached hydrogen (secondary N) is 1. The molecule has 6 heteroatoms. The molecule has 1 amide bonds. The number of hydrogen-bond acceptors (Lipinski definition) is 5. The molecule has 2 heterocycles. The molecule has 1 aliphatic heterocycles. The summed E-state index contributed by atoms with van der Waals surface area (Å²) in [5.41, 5.74) is 1.21. The van der Waals surface area contributed by atoms with Gasteiger partial charge in [-0.3, -0.25) is 9.69 Å². The third-order valence-electron chi connectivity index (χ3n) is 4.62. The number of rotatable bonds is 7. The van der Waals surface area contributed by atoms with Crippen LogP contribution in [-0.2, 0) is 24.2 Å². The fourth-order valence-corrected chi connectivity index (χ4v) is 3.13. The first-order valence-corrected chi connectivity index (χ1v) is 9.10. The summed E-state index contributed by atoms with van der Waals surface area (Å²) < 4.78 is 5.25. The number of nitrogens with zero attached hydrogens (tertiary/aromatic N) is 3. The van der Waals surface area contributed by atoms with Crippen LogP contribution in [0, 0.1) is 0 Å². The summed E-state index contributed by atoms with van der Waals surface area (Å²) in [6.07, 6.45) is 4.06. The van der Waals surface area contributed by atoms with Crippen molar-refractivity contribution in [2.24, 2.45) is 0 Å². The molecule has 0 radical (unpaired) electrons. The largest absolute Gasteiger partial charge is 0.353 e. The zero-order valence-electron chi connectivity index (χ0n) is 14.8. The maximum absolute atomic E-state index is 12.1. The number of likely N-dealkylation sites (tertiary alicyclic amines) is 1. The lowest BCUT2D eigenvalue weighted by Crippen LogP contribution is -2.44. The number of carbonyl (C=O) groups excluding carboxylic acids is 1. The van der Waals surface area contributed by atoms with E-state index < -0.39 is 0 Å².